The van der Waals surface area contributed by atoms with Crippen LogP contribution < -0.4 is 11.1 Å². The van der Waals surface area contributed by atoms with Crippen molar-refractivity contribution in [1.29, 1.82) is 5.26 Å². The van der Waals surface area contributed by atoms with Gasteiger partial charge in [-0.1, -0.05) is 12.1 Å². The normalized spacial score (nSPS) is 12.7. The predicted octanol–water partition coefficient (Wildman–Crippen LogP) is 3.42. The van der Waals surface area contributed by atoms with E-state index in [2.05, 4.69) is 0 Å². The Hall–Kier alpha value is -3.55. The summed E-state index contributed by atoms with van der Waals surface area (Å²) >= 11 is 0. The van der Waals surface area contributed by atoms with Crippen molar-refractivity contribution in [2.75, 3.05) is 0 Å². The number of halogens is 6. The molecule has 0 spiro atoms. The van der Waals surface area contributed by atoms with E-state index < -0.39 is 46.9 Å². The van der Waals surface area contributed by atoms with E-state index in [0.29, 0.717) is 5.56 Å². The summed E-state index contributed by atoms with van der Waals surface area (Å²) in [5.74, 6) is -2.40. The minimum Gasteiger partial charge on any atom is -0.368 e. The Labute approximate surface area is 166 Å². The number of amides is 2. The Morgan fingerprint density at radius 1 is 1.00 bits per heavy atom. The molecule has 0 aliphatic rings. The molecule has 5 nitrogen and oxygen atoms in total. The lowest BCUT2D eigenvalue weighted by atomic mass is 10.0. The molecule has 0 radical (unpaired) electrons. The zero-order valence-corrected chi connectivity index (χ0v) is 14.9. The molecular formula is C19H13F6N3O2. The van der Waals surface area contributed by atoms with Gasteiger partial charge in [0.05, 0.1) is 22.8 Å². The first-order valence-corrected chi connectivity index (χ1v) is 8.20. The van der Waals surface area contributed by atoms with E-state index in [1.54, 1.807) is 0 Å². The first-order valence-electron chi connectivity index (χ1n) is 8.20. The highest BCUT2D eigenvalue weighted by Crippen LogP contribution is 2.36. The largest absolute Gasteiger partial charge is 0.416 e. The Kier molecular flexibility index (Phi) is 6.40. The third kappa shape index (κ3) is 5.73. The summed E-state index contributed by atoms with van der Waals surface area (Å²) in [7, 11) is 0. The molecule has 2 rings (SSSR count). The molecule has 2 aromatic carbocycles. The van der Waals surface area contributed by atoms with Crippen molar-refractivity contribution in [3.63, 3.8) is 0 Å². The van der Waals surface area contributed by atoms with Crippen LogP contribution in [0.4, 0.5) is 26.3 Å². The molecule has 0 bridgehead atoms. The quantitative estimate of drug-likeness (QED) is 0.713. The number of alkyl halides is 6. The zero-order valence-electron chi connectivity index (χ0n) is 14.9. The molecule has 0 aliphatic carbocycles. The number of carbonyl (C=O) groups excluding carboxylic acids is 2. The first kappa shape index (κ1) is 22.7. The van der Waals surface area contributed by atoms with Gasteiger partial charge in [0.2, 0.25) is 5.91 Å². The van der Waals surface area contributed by atoms with Gasteiger partial charge in [0.1, 0.15) is 6.04 Å². The van der Waals surface area contributed by atoms with E-state index >= 15 is 0 Å². The Morgan fingerprint density at radius 2 is 1.57 bits per heavy atom. The second-order valence-corrected chi connectivity index (χ2v) is 6.24. The molecule has 0 saturated heterocycles. The van der Waals surface area contributed by atoms with Crippen molar-refractivity contribution >= 4 is 11.8 Å². The smallest absolute Gasteiger partial charge is 0.368 e. The molecule has 3 N–H and O–H groups in total. The van der Waals surface area contributed by atoms with Crippen LogP contribution in [0.15, 0.2) is 42.5 Å². The van der Waals surface area contributed by atoms with Crippen LogP contribution in [0.2, 0.25) is 0 Å². The van der Waals surface area contributed by atoms with Crippen LogP contribution in [0.5, 0.6) is 0 Å². The van der Waals surface area contributed by atoms with Gasteiger partial charge in [-0.2, -0.15) is 31.6 Å². The molecule has 0 aromatic heterocycles. The number of nitrogens with zero attached hydrogens (tertiary/aromatic N) is 1. The van der Waals surface area contributed by atoms with Crippen LogP contribution in [0, 0.1) is 11.3 Å². The van der Waals surface area contributed by atoms with Crippen LogP contribution in [0.3, 0.4) is 0 Å². The summed E-state index contributed by atoms with van der Waals surface area (Å²) in [5, 5.41) is 10.9. The van der Waals surface area contributed by atoms with Crippen LogP contribution in [-0.4, -0.2) is 17.9 Å². The average Bonchev–Trinajstić information content (AvgIpc) is 2.65. The lowest BCUT2D eigenvalue weighted by Gasteiger charge is -2.18. The maximum atomic E-state index is 12.9. The lowest BCUT2D eigenvalue weighted by molar-refractivity contribution is -0.143. The number of primary amides is 1. The summed E-state index contributed by atoms with van der Waals surface area (Å²) in [4.78, 5) is 24.0. The second kappa shape index (κ2) is 8.44. The van der Waals surface area contributed by atoms with E-state index in [9.17, 15) is 35.9 Å². The minimum absolute atomic E-state index is 0.115. The molecular weight excluding hydrogens is 416 g/mol. The molecule has 0 heterocycles. The van der Waals surface area contributed by atoms with E-state index in [4.69, 9.17) is 11.0 Å². The van der Waals surface area contributed by atoms with Gasteiger partial charge < -0.3 is 11.1 Å². The summed E-state index contributed by atoms with van der Waals surface area (Å²) < 4.78 is 77.7. The summed E-state index contributed by atoms with van der Waals surface area (Å²) in [6, 6.07) is 6.69. The van der Waals surface area contributed by atoms with E-state index in [0.717, 1.165) is 0 Å². The predicted molar refractivity (Wildman–Crippen MR) is 91.8 cm³/mol. The van der Waals surface area contributed by atoms with Crippen LogP contribution in [0.1, 0.15) is 32.6 Å². The van der Waals surface area contributed by atoms with Gasteiger partial charge in [0.15, 0.2) is 0 Å². The Bertz CT molecular complexity index is 976. The van der Waals surface area contributed by atoms with Crippen LogP contribution in [-0.2, 0) is 23.6 Å². The van der Waals surface area contributed by atoms with Gasteiger partial charge in [0, 0.05) is 12.0 Å². The van der Waals surface area contributed by atoms with Gasteiger partial charge >= 0.3 is 12.4 Å². The summed E-state index contributed by atoms with van der Waals surface area (Å²) in [6.45, 7) is 0. The number of rotatable bonds is 5. The topological polar surface area (TPSA) is 96.0 Å². The molecule has 0 unspecified atom stereocenters. The lowest BCUT2D eigenvalue weighted by Crippen LogP contribution is -2.46. The molecule has 0 aliphatic heterocycles. The maximum absolute atomic E-state index is 12.9. The second-order valence-electron chi connectivity index (χ2n) is 6.24. The number of benzene rings is 2. The number of nitrogens with two attached hydrogens (primary N) is 1. The zero-order chi connectivity index (χ0) is 22.7. The average molecular weight is 429 g/mol. The fraction of sp³-hybridized carbons (Fsp3) is 0.211. The minimum atomic E-state index is -5.13. The van der Waals surface area contributed by atoms with Crippen LogP contribution >= 0.6 is 0 Å². The standard InChI is InChI=1S/C19H13F6N3O2/c20-18(21,22)13-6-12(7-14(8-13)19(23,24)25)17(30)28-15(16(27)29)5-10-2-1-3-11(4-10)9-26/h1-4,6-8,15H,5H2,(H2,27,29)(H,28,30)/t15-/m0/s1. The van der Waals surface area contributed by atoms with E-state index in [1.807, 2.05) is 11.4 Å². The molecule has 0 fully saturated rings. The highest BCUT2D eigenvalue weighted by molar-refractivity contribution is 5.97. The highest BCUT2D eigenvalue weighted by atomic mass is 19.4. The van der Waals surface area contributed by atoms with E-state index in [-0.39, 0.29) is 30.2 Å². The van der Waals surface area contributed by atoms with Crippen molar-refractivity contribution in [2.24, 2.45) is 5.73 Å². The molecule has 2 aromatic rings. The van der Waals surface area contributed by atoms with Gasteiger partial charge in [-0.05, 0) is 35.9 Å². The molecule has 2 amide bonds. The molecule has 158 valence electrons. The van der Waals surface area contributed by atoms with Crippen molar-refractivity contribution < 1.29 is 35.9 Å². The number of nitriles is 1. The van der Waals surface area contributed by atoms with E-state index in [1.165, 1.54) is 24.3 Å². The summed E-state index contributed by atoms with van der Waals surface area (Å²) in [5.41, 5.74) is 1.58. The maximum Gasteiger partial charge on any atom is 0.416 e. The number of nitrogens with one attached hydrogen (secondary N) is 1. The SMILES string of the molecule is N#Cc1cccc(C[C@H](NC(=O)c2cc(C(F)(F)F)cc(C(F)(F)F)c2)C(N)=O)c1. The summed E-state index contributed by atoms with van der Waals surface area (Å²) in [6.07, 6.45) is -10.5. The third-order valence-electron chi connectivity index (χ3n) is 3.99. The first-order chi connectivity index (χ1) is 13.8. The Balaban J connectivity index is 2.35. The Morgan fingerprint density at radius 3 is 2.03 bits per heavy atom. The van der Waals surface area contributed by atoms with Crippen molar-refractivity contribution in [3.05, 3.63) is 70.3 Å². The van der Waals surface area contributed by atoms with Crippen molar-refractivity contribution in [2.45, 2.75) is 24.8 Å². The van der Waals surface area contributed by atoms with Crippen molar-refractivity contribution in [3.8, 4) is 6.07 Å². The van der Waals surface area contributed by atoms with Crippen LogP contribution in [0.25, 0.3) is 0 Å². The van der Waals surface area contributed by atoms with Gasteiger partial charge in [-0.3, -0.25) is 9.59 Å². The number of carbonyl (C=O) groups is 2. The highest BCUT2D eigenvalue weighted by Gasteiger charge is 2.37. The third-order valence-corrected chi connectivity index (χ3v) is 3.99. The fourth-order valence-corrected chi connectivity index (χ4v) is 2.55. The van der Waals surface area contributed by atoms with Gasteiger partial charge in [0.25, 0.3) is 5.91 Å². The molecule has 11 heteroatoms. The number of hydrogen-bond donors (Lipinski definition) is 2. The fourth-order valence-electron chi connectivity index (χ4n) is 2.55. The van der Waals surface area contributed by atoms with Gasteiger partial charge in [-0.15, -0.1) is 0 Å². The van der Waals surface area contributed by atoms with Gasteiger partial charge in [-0.25, -0.2) is 0 Å². The molecule has 0 saturated carbocycles. The van der Waals surface area contributed by atoms with Crippen molar-refractivity contribution in [1.82, 2.24) is 5.32 Å². The monoisotopic (exact) mass is 429 g/mol. The number of hydrogen-bond acceptors (Lipinski definition) is 3. The molecule has 30 heavy (non-hydrogen) atoms. The molecule has 1 atom stereocenters.